The van der Waals surface area contributed by atoms with Gasteiger partial charge in [-0.05, 0) is 43.3 Å². The number of nitrogens with two attached hydrogens (primary N) is 1. The second-order valence-electron chi connectivity index (χ2n) is 5.18. The molecule has 2 amide bonds. The van der Waals surface area contributed by atoms with Crippen LogP contribution in [-0.2, 0) is 11.0 Å². The van der Waals surface area contributed by atoms with Crippen molar-refractivity contribution in [2.45, 2.75) is 19.2 Å². The average Bonchev–Trinajstić information content (AvgIpc) is 2.54. The fraction of sp³-hybridized carbons (Fsp3) is 0.176. The van der Waals surface area contributed by atoms with Gasteiger partial charge in [0.1, 0.15) is 5.75 Å². The van der Waals surface area contributed by atoms with E-state index in [1.165, 1.54) is 43.3 Å². The normalized spacial score (nSPS) is 12.3. The molecule has 0 heterocycles. The molecule has 2 aromatic carbocycles. The zero-order chi connectivity index (χ0) is 18.6. The number of halogens is 3. The van der Waals surface area contributed by atoms with Crippen molar-refractivity contribution in [2.75, 3.05) is 5.32 Å². The van der Waals surface area contributed by atoms with Gasteiger partial charge in [-0.2, -0.15) is 13.2 Å². The zero-order valence-corrected chi connectivity index (χ0v) is 13.1. The van der Waals surface area contributed by atoms with Gasteiger partial charge in [0.25, 0.3) is 5.91 Å². The number of rotatable bonds is 5. The number of primary amides is 1. The van der Waals surface area contributed by atoms with Crippen molar-refractivity contribution in [3.05, 3.63) is 59.7 Å². The third-order valence-electron chi connectivity index (χ3n) is 3.30. The van der Waals surface area contributed by atoms with Crippen molar-refractivity contribution in [2.24, 2.45) is 5.73 Å². The summed E-state index contributed by atoms with van der Waals surface area (Å²) in [6.07, 6.45) is -5.75. The van der Waals surface area contributed by atoms with Crippen LogP contribution in [0.3, 0.4) is 0 Å². The third-order valence-corrected chi connectivity index (χ3v) is 3.30. The van der Waals surface area contributed by atoms with Gasteiger partial charge in [0.05, 0.1) is 5.56 Å². The molecule has 0 radical (unpaired) electrons. The van der Waals surface area contributed by atoms with Crippen molar-refractivity contribution in [3.63, 3.8) is 0 Å². The van der Waals surface area contributed by atoms with Crippen molar-refractivity contribution in [1.82, 2.24) is 0 Å². The Morgan fingerprint density at radius 2 is 1.68 bits per heavy atom. The highest BCUT2D eigenvalue weighted by atomic mass is 19.4. The maximum atomic E-state index is 12.9. The van der Waals surface area contributed by atoms with Gasteiger partial charge in [0.15, 0.2) is 6.10 Å². The molecule has 5 nitrogen and oxygen atoms in total. The molecule has 0 aliphatic rings. The van der Waals surface area contributed by atoms with E-state index < -0.39 is 35.4 Å². The van der Waals surface area contributed by atoms with Gasteiger partial charge in [0.2, 0.25) is 5.91 Å². The van der Waals surface area contributed by atoms with Crippen molar-refractivity contribution < 1.29 is 27.5 Å². The second kappa shape index (κ2) is 7.25. The van der Waals surface area contributed by atoms with E-state index >= 15 is 0 Å². The van der Waals surface area contributed by atoms with Crippen LogP contribution in [0.5, 0.6) is 5.75 Å². The van der Waals surface area contributed by atoms with E-state index in [1.807, 2.05) is 0 Å². The quantitative estimate of drug-likeness (QED) is 0.867. The predicted octanol–water partition coefficient (Wildman–Crippen LogP) is 3.21. The number of carbonyl (C=O) groups is 2. The standard InChI is InChI=1S/C17H15F3N2O3/c1-10(25-14-5-3-2-4-13(14)17(18,19)20)16(24)22-12-8-6-11(7-9-12)15(21)23/h2-10H,1H3,(H2,21,23)(H,22,24). The fourth-order valence-electron chi connectivity index (χ4n) is 2.01. The van der Waals surface area contributed by atoms with Crippen molar-refractivity contribution in [3.8, 4) is 5.75 Å². The molecule has 132 valence electrons. The van der Waals surface area contributed by atoms with Crippen LogP contribution in [0.25, 0.3) is 0 Å². The van der Waals surface area contributed by atoms with Crippen LogP contribution in [0.4, 0.5) is 18.9 Å². The van der Waals surface area contributed by atoms with Crippen LogP contribution in [-0.4, -0.2) is 17.9 Å². The summed E-state index contributed by atoms with van der Waals surface area (Å²) >= 11 is 0. The average molecular weight is 352 g/mol. The molecule has 0 aliphatic heterocycles. The molecule has 0 bridgehead atoms. The highest BCUT2D eigenvalue weighted by Gasteiger charge is 2.34. The first kappa shape index (κ1) is 18.3. The lowest BCUT2D eigenvalue weighted by molar-refractivity contribution is -0.140. The lowest BCUT2D eigenvalue weighted by atomic mass is 10.2. The molecule has 0 saturated carbocycles. The molecular formula is C17H15F3N2O3. The van der Waals surface area contributed by atoms with E-state index in [2.05, 4.69) is 5.32 Å². The van der Waals surface area contributed by atoms with Gasteiger partial charge in [-0.3, -0.25) is 9.59 Å². The Labute approximate surface area is 141 Å². The van der Waals surface area contributed by atoms with Crippen LogP contribution in [0.1, 0.15) is 22.8 Å². The van der Waals surface area contributed by atoms with E-state index in [0.29, 0.717) is 5.69 Å². The predicted molar refractivity (Wildman–Crippen MR) is 85.1 cm³/mol. The molecule has 2 aromatic rings. The minimum atomic E-state index is -4.59. The Balaban J connectivity index is 2.07. The molecule has 1 atom stereocenters. The molecular weight excluding hydrogens is 337 g/mol. The lowest BCUT2D eigenvalue weighted by Gasteiger charge is -2.18. The number of alkyl halides is 3. The second-order valence-corrected chi connectivity index (χ2v) is 5.18. The molecule has 0 aliphatic carbocycles. The number of nitrogens with one attached hydrogen (secondary N) is 1. The van der Waals surface area contributed by atoms with Gasteiger partial charge in [-0.25, -0.2) is 0 Å². The lowest BCUT2D eigenvalue weighted by Crippen LogP contribution is -2.30. The van der Waals surface area contributed by atoms with E-state index in [1.54, 1.807) is 0 Å². The zero-order valence-electron chi connectivity index (χ0n) is 13.1. The molecule has 1 unspecified atom stereocenters. The number of carbonyl (C=O) groups excluding carboxylic acids is 2. The SMILES string of the molecule is CC(Oc1ccccc1C(F)(F)F)C(=O)Nc1ccc(C(N)=O)cc1. The summed E-state index contributed by atoms with van der Waals surface area (Å²) in [5.74, 6) is -1.68. The Kier molecular flexibility index (Phi) is 5.31. The smallest absolute Gasteiger partial charge is 0.419 e. The summed E-state index contributed by atoms with van der Waals surface area (Å²) in [5, 5.41) is 2.49. The third kappa shape index (κ3) is 4.72. The van der Waals surface area contributed by atoms with E-state index in [4.69, 9.17) is 10.5 Å². The first-order valence-corrected chi connectivity index (χ1v) is 7.22. The molecule has 3 N–H and O–H groups in total. The number of anilines is 1. The number of ether oxygens (including phenoxy) is 1. The first-order valence-electron chi connectivity index (χ1n) is 7.22. The number of hydrogen-bond acceptors (Lipinski definition) is 3. The van der Waals surface area contributed by atoms with Gasteiger partial charge >= 0.3 is 6.18 Å². The highest BCUT2D eigenvalue weighted by molar-refractivity contribution is 5.96. The summed E-state index contributed by atoms with van der Waals surface area (Å²) in [6.45, 7) is 1.33. The number of benzene rings is 2. The van der Waals surface area contributed by atoms with Crippen LogP contribution in [0.15, 0.2) is 48.5 Å². The van der Waals surface area contributed by atoms with Gasteiger partial charge in [0, 0.05) is 11.3 Å². The summed E-state index contributed by atoms with van der Waals surface area (Å²) in [5.41, 5.74) is 4.77. The Bertz CT molecular complexity index is 773. The Hall–Kier alpha value is -3.03. The van der Waals surface area contributed by atoms with Gasteiger partial charge in [-0.1, -0.05) is 12.1 Å². The minimum Gasteiger partial charge on any atom is -0.480 e. The van der Waals surface area contributed by atoms with Crippen LogP contribution in [0, 0.1) is 0 Å². The van der Waals surface area contributed by atoms with Crippen molar-refractivity contribution in [1.29, 1.82) is 0 Å². The fourth-order valence-corrected chi connectivity index (χ4v) is 2.01. The van der Waals surface area contributed by atoms with Crippen LogP contribution >= 0.6 is 0 Å². The van der Waals surface area contributed by atoms with E-state index in [-0.39, 0.29) is 5.56 Å². The van der Waals surface area contributed by atoms with E-state index in [9.17, 15) is 22.8 Å². The Morgan fingerprint density at radius 3 is 2.24 bits per heavy atom. The first-order chi connectivity index (χ1) is 11.7. The summed E-state index contributed by atoms with van der Waals surface area (Å²) in [4.78, 5) is 23.1. The molecule has 25 heavy (non-hydrogen) atoms. The number of para-hydroxylation sites is 1. The maximum absolute atomic E-state index is 12.9. The summed E-state index contributed by atoms with van der Waals surface area (Å²) < 4.78 is 44.0. The molecule has 0 spiro atoms. The summed E-state index contributed by atoms with van der Waals surface area (Å²) in [7, 11) is 0. The summed E-state index contributed by atoms with van der Waals surface area (Å²) in [6, 6.07) is 10.4. The van der Waals surface area contributed by atoms with Crippen LogP contribution in [0.2, 0.25) is 0 Å². The van der Waals surface area contributed by atoms with Crippen LogP contribution < -0.4 is 15.8 Å². The van der Waals surface area contributed by atoms with E-state index in [0.717, 1.165) is 12.1 Å². The molecule has 8 heteroatoms. The Morgan fingerprint density at radius 1 is 1.08 bits per heavy atom. The monoisotopic (exact) mass is 352 g/mol. The van der Waals surface area contributed by atoms with Gasteiger partial charge in [-0.15, -0.1) is 0 Å². The largest absolute Gasteiger partial charge is 0.480 e. The topological polar surface area (TPSA) is 81.4 Å². The number of hydrogen-bond donors (Lipinski definition) is 2. The minimum absolute atomic E-state index is 0.265. The molecule has 0 aromatic heterocycles. The maximum Gasteiger partial charge on any atom is 0.419 e. The molecule has 0 fully saturated rings. The van der Waals surface area contributed by atoms with Crippen molar-refractivity contribution >= 4 is 17.5 Å². The van der Waals surface area contributed by atoms with Gasteiger partial charge < -0.3 is 15.8 Å². The molecule has 0 saturated heterocycles. The molecule has 2 rings (SSSR count). The highest BCUT2D eigenvalue weighted by Crippen LogP contribution is 2.36. The number of amides is 2.